The van der Waals surface area contributed by atoms with Crippen LogP contribution in [0.25, 0.3) is 44.3 Å². The van der Waals surface area contributed by atoms with Crippen LogP contribution in [0.2, 0.25) is 0 Å². The van der Waals surface area contributed by atoms with Crippen LogP contribution in [0, 0.1) is 0 Å². The lowest BCUT2D eigenvalue weighted by atomic mass is 10.0. The predicted octanol–water partition coefficient (Wildman–Crippen LogP) is 5.42. The van der Waals surface area contributed by atoms with Gasteiger partial charge in [0.2, 0.25) is 0 Å². The summed E-state index contributed by atoms with van der Waals surface area (Å²) >= 11 is 0. The number of hydrogen-bond donors (Lipinski definition) is 1. The van der Waals surface area contributed by atoms with Gasteiger partial charge < -0.3 is 9.51 Å². The molecule has 1 fully saturated rings. The summed E-state index contributed by atoms with van der Waals surface area (Å²) in [6.45, 7) is 3.47. The lowest BCUT2D eigenvalue weighted by Crippen LogP contribution is -2.28. The van der Waals surface area contributed by atoms with Crippen molar-refractivity contribution in [3.05, 3.63) is 66.8 Å². The van der Waals surface area contributed by atoms with Gasteiger partial charge in [0.25, 0.3) is 0 Å². The van der Waals surface area contributed by atoms with Gasteiger partial charge in [-0.3, -0.25) is 9.88 Å². The highest BCUT2D eigenvalue weighted by atomic mass is 16.5. The van der Waals surface area contributed by atoms with E-state index in [2.05, 4.69) is 61.4 Å². The van der Waals surface area contributed by atoms with Crippen LogP contribution < -0.4 is 0 Å². The number of nitrogens with zero attached hydrogens (tertiary/aromatic N) is 4. The molecule has 1 saturated heterocycles. The standard InChI is InChI=1S/C25H23N5O/c1-2-8-30(9-3-1)15-17-4-6-18(7-5-17)19-10-22-21-11-23(20-13-28-31-16-20)26-14-24(21)29-25(22)27-12-19/h4-7,10-14,16H,1-3,8-9,15H2,(H,27,29). The van der Waals surface area contributed by atoms with Crippen molar-refractivity contribution < 1.29 is 4.52 Å². The summed E-state index contributed by atoms with van der Waals surface area (Å²) in [4.78, 5) is 15.1. The number of hydrogen-bond acceptors (Lipinski definition) is 5. The maximum Gasteiger partial charge on any atom is 0.138 e. The first kappa shape index (κ1) is 18.3. The number of nitrogens with one attached hydrogen (secondary N) is 1. The molecule has 6 rings (SSSR count). The first-order valence-electron chi connectivity index (χ1n) is 10.8. The Labute approximate surface area is 179 Å². The minimum Gasteiger partial charge on any atom is -0.364 e. The molecule has 31 heavy (non-hydrogen) atoms. The average molecular weight is 409 g/mol. The van der Waals surface area contributed by atoms with E-state index in [0.29, 0.717) is 0 Å². The van der Waals surface area contributed by atoms with E-state index < -0.39 is 0 Å². The highest BCUT2D eigenvalue weighted by Crippen LogP contribution is 2.31. The Morgan fingerprint density at radius 1 is 0.839 bits per heavy atom. The lowest BCUT2D eigenvalue weighted by Gasteiger charge is -2.26. The number of fused-ring (bicyclic) bond motifs is 3. The highest BCUT2D eigenvalue weighted by molar-refractivity contribution is 6.07. The SMILES string of the molecule is c1cc(-c2cnc3[nH]c4cnc(-c5cnoc5)cc4c3c2)ccc1CN1CCCCC1. The lowest BCUT2D eigenvalue weighted by molar-refractivity contribution is 0.221. The number of likely N-dealkylation sites (tertiary alicyclic amines) is 1. The molecule has 0 spiro atoms. The molecular formula is C25H23N5O. The molecule has 0 saturated carbocycles. The fourth-order valence-electron chi connectivity index (χ4n) is 4.50. The first-order chi connectivity index (χ1) is 15.3. The molecule has 0 radical (unpaired) electrons. The second-order valence-electron chi connectivity index (χ2n) is 8.31. The van der Waals surface area contributed by atoms with Crippen molar-refractivity contribution in [1.29, 1.82) is 0 Å². The largest absolute Gasteiger partial charge is 0.364 e. The zero-order valence-corrected chi connectivity index (χ0v) is 17.2. The molecule has 0 bridgehead atoms. The van der Waals surface area contributed by atoms with E-state index >= 15 is 0 Å². The monoisotopic (exact) mass is 409 g/mol. The summed E-state index contributed by atoms with van der Waals surface area (Å²) in [5.74, 6) is 0. The molecule has 4 aromatic heterocycles. The molecule has 0 unspecified atom stereocenters. The number of benzene rings is 1. The molecule has 1 aliphatic heterocycles. The number of H-pyrrole nitrogens is 1. The molecule has 6 nitrogen and oxygen atoms in total. The predicted molar refractivity (Wildman–Crippen MR) is 121 cm³/mol. The zero-order chi connectivity index (χ0) is 20.6. The zero-order valence-electron chi connectivity index (χ0n) is 17.2. The summed E-state index contributed by atoms with van der Waals surface area (Å²) in [6, 6.07) is 13.2. The maximum absolute atomic E-state index is 4.97. The molecule has 6 heteroatoms. The molecule has 5 heterocycles. The van der Waals surface area contributed by atoms with Gasteiger partial charge in [-0.2, -0.15) is 0 Å². The molecule has 0 aliphatic carbocycles. The van der Waals surface area contributed by atoms with Crippen molar-refractivity contribution in [2.24, 2.45) is 0 Å². The molecular weight excluding hydrogens is 386 g/mol. The smallest absolute Gasteiger partial charge is 0.138 e. The van der Waals surface area contributed by atoms with Crippen molar-refractivity contribution >= 4 is 21.9 Å². The Kier molecular flexibility index (Phi) is 4.50. The summed E-state index contributed by atoms with van der Waals surface area (Å²) < 4.78 is 4.97. The summed E-state index contributed by atoms with van der Waals surface area (Å²) in [5.41, 5.74) is 7.20. The summed E-state index contributed by atoms with van der Waals surface area (Å²) in [6.07, 6.45) is 11.1. The Bertz CT molecular complexity index is 1330. The van der Waals surface area contributed by atoms with Crippen LogP contribution in [0.1, 0.15) is 24.8 Å². The van der Waals surface area contributed by atoms with Crippen LogP contribution in [-0.2, 0) is 6.54 Å². The number of piperidine rings is 1. The minimum absolute atomic E-state index is 0.835. The van der Waals surface area contributed by atoms with E-state index in [1.54, 1.807) is 12.5 Å². The van der Waals surface area contributed by atoms with Gasteiger partial charge in [-0.1, -0.05) is 35.8 Å². The van der Waals surface area contributed by atoms with Gasteiger partial charge in [-0.05, 0) is 49.2 Å². The van der Waals surface area contributed by atoms with Crippen molar-refractivity contribution in [2.75, 3.05) is 13.1 Å². The van der Waals surface area contributed by atoms with E-state index in [1.165, 1.54) is 43.5 Å². The fraction of sp³-hybridized carbons (Fsp3) is 0.240. The average Bonchev–Trinajstić information content (AvgIpc) is 3.48. The molecule has 5 aromatic rings. The Morgan fingerprint density at radius 2 is 1.71 bits per heavy atom. The van der Waals surface area contributed by atoms with Gasteiger partial charge in [-0.15, -0.1) is 0 Å². The molecule has 0 amide bonds. The van der Waals surface area contributed by atoms with E-state index in [9.17, 15) is 0 Å². The van der Waals surface area contributed by atoms with Crippen LogP contribution >= 0.6 is 0 Å². The van der Waals surface area contributed by atoms with E-state index in [0.717, 1.165) is 45.3 Å². The third-order valence-electron chi connectivity index (χ3n) is 6.21. The van der Waals surface area contributed by atoms with Gasteiger partial charge in [0.05, 0.1) is 29.2 Å². The minimum atomic E-state index is 0.835. The van der Waals surface area contributed by atoms with Gasteiger partial charge in [0.15, 0.2) is 0 Å². The summed E-state index contributed by atoms with van der Waals surface area (Å²) in [5, 5.41) is 5.97. The molecule has 1 aromatic carbocycles. The third kappa shape index (κ3) is 3.49. The molecule has 1 aliphatic rings. The van der Waals surface area contributed by atoms with E-state index in [-0.39, 0.29) is 0 Å². The number of pyridine rings is 2. The Hall–Kier alpha value is -3.51. The topological polar surface area (TPSA) is 70.8 Å². The van der Waals surface area contributed by atoms with Crippen LogP contribution in [0.4, 0.5) is 0 Å². The third-order valence-corrected chi connectivity index (χ3v) is 6.21. The van der Waals surface area contributed by atoms with Gasteiger partial charge in [0, 0.05) is 29.1 Å². The van der Waals surface area contributed by atoms with Crippen LogP contribution in [0.3, 0.4) is 0 Å². The molecule has 1 N–H and O–H groups in total. The molecule has 154 valence electrons. The Morgan fingerprint density at radius 3 is 2.52 bits per heavy atom. The molecule has 0 atom stereocenters. The Balaban J connectivity index is 1.33. The second-order valence-corrected chi connectivity index (χ2v) is 8.31. The van der Waals surface area contributed by atoms with Crippen molar-refractivity contribution in [3.63, 3.8) is 0 Å². The van der Waals surface area contributed by atoms with Crippen LogP contribution in [0.15, 0.2) is 65.8 Å². The van der Waals surface area contributed by atoms with Crippen LogP contribution in [0.5, 0.6) is 0 Å². The number of rotatable bonds is 4. The quantitative estimate of drug-likeness (QED) is 0.429. The van der Waals surface area contributed by atoms with Crippen LogP contribution in [-0.4, -0.2) is 38.1 Å². The highest BCUT2D eigenvalue weighted by Gasteiger charge is 2.12. The van der Waals surface area contributed by atoms with Crippen molar-refractivity contribution in [1.82, 2.24) is 25.0 Å². The van der Waals surface area contributed by atoms with Gasteiger partial charge in [-0.25, -0.2) is 4.98 Å². The fourth-order valence-corrected chi connectivity index (χ4v) is 4.50. The van der Waals surface area contributed by atoms with E-state index in [4.69, 9.17) is 4.52 Å². The van der Waals surface area contributed by atoms with Crippen molar-refractivity contribution in [3.8, 4) is 22.4 Å². The number of aromatic amines is 1. The van der Waals surface area contributed by atoms with Gasteiger partial charge >= 0.3 is 0 Å². The first-order valence-corrected chi connectivity index (χ1v) is 10.8. The second kappa shape index (κ2) is 7.63. The maximum atomic E-state index is 4.97. The van der Waals surface area contributed by atoms with Gasteiger partial charge in [0.1, 0.15) is 11.9 Å². The normalized spacial score (nSPS) is 15.1. The summed E-state index contributed by atoms with van der Waals surface area (Å²) in [7, 11) is 0. The number of aromatic nitrogens is 4. The van der Waals surface area contributed by atoms with Crippen molar-refractivity contribution in [2.45, 2.75) is 25.8 Å². The van der Waals surface area contributed by atoms with E-state index in [1.807, 2.05) is 12.4 Å².